The highest BCUT2D eigenvalue weighted by molar-refractivity contribution is 7.89. The number of nitrogens with one attached hydrogen (secondary N) is 3. The third kappa shape index (κ3) is 4.59. The van der Waals surface area contributed by atoms with Crippen molar-refractivity contribution in [3.8, 4) is 0 Å². The fourth-order valence-electron chi connectivity index (χ4n) is 1.75. The Hall–Kier alpha value is -0.920. The second-order valence-electron chi connectivity index (χ2n) is 5.86. The van der Waals surface area contributed by atoms with E-state index in [1.54, 1.807) is 14.0 Å². The molecule has 3 N–H and O–H groups in total. The summed E-state index contributed by atoms with van der Waals surface area (Å²) in [6, 6.07) is 0. The van der Waals surface area contributed by atoms with Crippen LogP contribution in [0.1, 0.15) is 38.6 Å². The second-order valence-corrected chi connectivity index (χ2v) is 7.57. The summed E-state index contributed by atoms with van der Waals surface area (Å²) >= 11 is 0. The van der Waals surface area contributed by atoms with Crippen molar-refractivity contribution in [3.05, 3.63) is 11.4 Å². The number of aromatic amines is 1. The van der Waals surface area contributed by atoms with E-state index in [1.807, 2.05) is 0 Å². The maximum absolute atomic E-state index is 12.3. The average Bonchev–Trinajstić information content (AvgIpc) is 2.58. The van der Waals surface area contributed by atoms with Gasteiger partial charge < -0.3 is 5.32 Å². The van der Waals surface area contributed by atoms with Gasteiger partial charge in [0.05, 0.1) is 11.4 Å². The molecule has 6 nitrogen and oxygen atoms in total. The summed E-state index contributed by atoms with van der Waals surface area (Å²) in [5, 5.41) is 9.66. The molecule has 1 aromatic rings. The number of aryl methyl sites for hydroxylation is 1. The minimum Gasteiger partial charge on any atom is -0.314 e. The van der Waals surface area contributed by atoms with Crippen LogP contribution in [0, 0.1) is 12.3 Å². The first kappa shape index (κ1) is 16.1. The molecule has 0 fully saturated rings. The smallest absolute Gasteiger partial charge is 0.244 e. The molecule has 0 aliphatic carbocycles. The number of sulfonamides is 1. The maximum Gasteiger partial charge on any atom is 0.244 e. The van der Waals surface area contributed by atoms with Crippen molar-refractivity contribution in [2.45, 2.75) is 45.6 Å². The maximum atomic E-state index is 12.3. The Kier molecular flexibility index (Phi) is 5.11. The van der Waals surface area contributed by atoms with E-state index in [4.69, 9.17) is 0 Å². The Bertz CT molecular complexity index is 514. The number of aromatic nitrogens is 2. The first-order valence-electron chi connectivity index (χ1n) is 6.35. The lowest BCUT2D eigenvalue weighted by Crippen LogP contribution is -2.28. The number of H-pyrrole nitrogens is 1. The van der Waals surface area contributed by atoms with Crippen molar-refractivity contribution in [2.75, 3.05) is 13.6 Å². The van der Waals surface area contributed by atoms with Gasteiger partial charge in [0.25, 0.3) is 0 Å². The number of hydrogen-bond donors (Lipinski definition) is 3. The summed E-state index contributed by atoms with van der Waals surface area (Å²) in [6.45, 7) is 8.80. The van der Waals surface area contributed by atoms with E-state index < -0.39 is 10.0 Å². The monoisotopic (exact) mass is 288 g/mol. The number of rotatable bonds is 6. The average molecular weight is 288 g/mol. The highest BCUT2D eigenvalue weighted by Crippen LogP contribution is 2.20. The van der Waals surface area contributed by atoms with Crippen LogP contribution >= 0.6 is 0 Å². The van der Waals surface area contributed by atoms with Crippen LogP contribution in [0.3, 0.4) is 0 Å². The minimum atomic E-state index is -3.51. The lowest BCUT2D eigenvalue weighted by molar-refractivity contribution is 0.378. The van der Waals surface area contributed by atoms with Crippen LogP contribution in [-0.4, -0.2) is 32.2 Å². The first-order chi connectivity index (χ1) is 8.67. The van der Waals surface area contributed by atoms with Gasteiger partial charge in [0, 0.05) is 13.1 Å². The van der Waals surface area contributed by atoms with Crippen molar-refractivity contribution in [3.63, 3.8) is 0 Å². The van der Waals surface area contributed by atoms with E-state index >= 15 is 0 Å². The largest absolute Gasteiger partial charge is 0.314 e. The standard InChI is InChI=1S/C12H24N4O2S/c1-9-11(10(8-13-5)16-15-9)19(17,18)14-7-6-12(2,3)4/h13-14H,6-8H2,1-5H3,(H,15,16). The lowest BCUT2D eigenvalue weighted by Gasteiger charge is -2.18. The molecular formula is C12H24N4O2S. The number of nitrogens with zero attached hydrogens (tertiary/aromatic N) is 1. The Morgan fingerprint density at radius 1 is 1.32 bits per heavy atom. The van der Waals surface area contributed by atoms with E-state index in [9.17, 15) is 8.42 Å². The van der Waals surface area contributed by atoms with E-state index in [2.05, 4.69) is 41.0 Å². The van der Waals surface area contributed by atoms with Crippen LogP contribution in [0.25, 0.3) is 0 Å². The zero-order chi connectivity index (χ0) is 14.7. The van der Waals surface area contributed by atoms with E-state index in [1.165, 1.54) is 0 Å². The predicted octanol–water partition coefficient (Wildman–Crippen LogP) is 1.15. The summed E-state index contributed by atoms with van der Waals surface area (Å²) in [6.07, 6.45) is 0.782. The highest BCUT2D eigenvalue weighted by atomic mass is 32.2. The molecule has 110 valence electrons. The van der Waals surface area contributed by atoms with Crippen molar-refractivity contribution >= 4 is 10.0 Å². The third-order valence-electron chi connectivity index (χ3n) is 2.74. The van der Waals surface area contributed by atoms with Crippen molar-refractivity contribution < 1.29 is 8.42 Å². The molecule has 0 aliphatic rings. The highest BCUT2D eigenvalue weighted by Gasteiger charge is 2.24. The Morgan fingerprint density at radius 2 is 1.95 bits per heavy atom. The van der Waals surface area contributed by atoms with Crippen LogP contribution in [0.15, 0.2) is 4.90 Å². The van der Waals surface area contributed by atoms with Gasteiger partial charge in [-0.3, -0.25) is 5.10 Å². The van der Waals surface area contributed by atoms with Gasteiger partial charge in [-0.25, -0.2) is 13.1 Å². The molecule has 7 heteroatoms. The van der Waals surface area contributed by atoms with Crippen molar-refractivity contribution in [1.29, 1.82) is 0 Å². The molecule has 0 spiro atoms. The van der Waals surface area contributed by atoms with E-state index in [0.29, 0.717) is 24.5 Å². The van der Waals surface area contributed by atoms with Crippen molar-refractivity contribution in [1.82, 2.24) is 20.2 Å². The quantitative estimate of drug-likeness (QED) is 0.733. The molecule has 0 aromatic carbocycles. The summed E-state index contributed by atoms with van der Waals surface area (Å²) in [5.74, 6) is 0. The summed E-state index contributed by atoms with van der Waals surface area (Å²) in [5.41, 5.74) is 1.18. The van der Waals surface area contributed by atoms with Crippen molar-refractivity contribution in [2.24, 2.45) is 5.41 Å². The fraction of sp³-hybridized carbons (Fsp3) is 0.750. The molecule has 1 aromatic heterocycles. The summed E-state index contributed by atoms with van der Waals surface area (Å²) in [4.78, 5) is 0.260. The van der Waals surface area contributed by atoms with Crippen LogP contribution in [0.2, 0.25) is 0 Å². The van der Waals surface area contributed by atoms with Crippen LogP contribution in [-0.2, 0) is 16.6 Å². The molecule has 0 unspecified atom stereocenters. The Labute approximate surface area is 115 Å². The Morgan fingerprint density at radius 3 is 2.47 bits per heavy atom. The van der Waals surface area contributed by atoms with Gasteiger partial charge in [-0.15, -0.1) is 0 Å². The molecular weight excluding hydrogens is 264 g/mol. The molecule has 0 bridgehead atoms. The molecule has 0 saturated heterocycles. The zero-order valence-electron chi connectivity index (χ0n) is 12.3. The van der Waals surface area contributed by atoms with Gasteiger partial charge in [-0.1, -0.05) is 20.8 Å². The molecule has 19 heavy (non-hydrogen) atoms. The van der Waals surface area contributed by atoms with E-state index in [-0.39, 0.29) is 10.3 Å². The minimum absolute atomic E-state index is 0.0990. The molecule has 0 saturated carbocycles. The first-order valence-corrected chi connectivity index (χ1v) is 7.84. The van der Waals surface area contributed by atoms with E-state index in [0.717, 1.165) is 6.42 Å². The van der Waals surface area contributed by atoms with Crippen LogP contribution < -0.4 is 10.0 Å². The lowest BCUT2D eigenvalue weighted by atomic mass is 9.93. The summed E-state index contributed by atoms with van der Waals surface area (Å²) < 4.78 is 27.2. The topological polar surface area (TPSA) is 86.9 Å². The Balaban J connectivity index is 2.85. The second kappa shape index (κ2) is 6.02. The molecule has 1 heterocycles. The fourth-order valence-corrected chi connectivity index (χ4v) is 3.14. The predicted molar refractivity (Wildman–Crippen MR) is 75.3 cm³/mol. The van der Waals surface area contributed by atoms with Crippen LogP contribution in [0.4, 0.5) is 0 Å². The third-order valence-corrected chi connectivity index (χ3v) is 4.40. The molecule has 0 aliphatic heterocycles. The molecule has 0 amide bonds. The molecule has 1 rings (SSSR count). The van der Waals surface area contributed by atoms with Gasteiger partial charge in [0.1, 0.15) is 4.90 Å². The van der Waals surface area contributed by atoms with Gasteiger partial charge >= 0.3 is 0 Å². The van der Waals surface area contributed by atoms with Gasteiger partial charge in [-0.05, 0) is 25.8 Å². The van der Waals surface area contributed by atoms with Gasteiger partial charge in [0.2, 0.25) is 10.0 Å². The zero-order valence-corrected chi connectivity index (χ0v) is 13.1. The van der Waals surface area contributed by atoms with Crippen LogP contribution in [0.5, 0.6) is 0 Å². The summed E-state index contributed by atoms with van der Waals surface area (Å²) in [7, 11) is -1.75. The molecule has 0 atom stereocenters. The van der Waals surface area contributed by atoms with Gasteiger partial charge in [0.15, 0.2) is 0 Å². The SMILES string of the molecule is CNCc1n[nH]c(C)c1S(=O)(=O)NCCC(C)(C)C. The molecule has 0 radical (unpaired) electrons. The van der Waals surface area contributed by atoms with Gasteiger partial charge in [-0.2, -0.15) is 5.10 Å². The normalized spacial score (nSPS) is 12.9. The number of hydrogen-bond acceptors (Lipinski definition) is 4.